The van der Waals surface area contributed by atoms with Gasteiger partial charge in [0.1, 0.15) is 0 Å². The molecule has 0 saturated carbocycles. The van der Waals surface area contributed by atoms with Crippen molar-refractivity contribution in [3.8, 4) is 0 Å². The molecule has 0 spiro atoms. The topological polar surface area (TPSA) is 34.0 Å². The first-order valence-electron chi connectivity index (χ1n) is 7.53. The van der Waals surface area contributed by atoms with Gasteiger partial charge in [-0.25, -0.2) is 0 Å². The Morgan fingerprint density at radius 3 is 2.55 bits per heavy atom. The molecule has 22 heavy (non-hydrogen) atoms. The van der Waals surface area contributed by atoms with Crippen LogP contribution < -0.4 is 5.32 Å². The van der Waals surface area contributed by atoms with Crippen LogP contribution in [0.15, 0.2) is 24.3 Å². The van der Waals surface area contributed by atoms with E-state index in [0.717, 1.165) is 28.2 Å². The van der Waals surface area contributed by atoms with Crippen molar-refractivity contribution in [1.82, 2.24) is 4.57 Å². The first kappa shape index (κ1) is 16.6. The lowest BCUT2D eigenvalue weighted by atomic mass is 10.1. The summed E-state index contributed by atoms with van der Waals surface area (Å²) in [5.74, 6) is 0.0966. The van der Waals surface area contributed by atoms with Crippen molar-refractivity contribution >= 4 is 23.1 Å². The molecular formula is C18H23ClN2O. The summed E-state index contributed by atoms with van der Waals surface area (Å²) in [5, 5.41) is 3.90. The lowest BCUT2D eigenvalue weighted by Gasteiger charge is -2.14. The van der Waals surface area contributed by atoms with E-state index in [-0.39, 0.29) is 12.3 Å². The van der Waals surface area contributed by atoms with Gasteiger partial charge in [-0.15, -0.1) is 0 Å². The molecule has 1 N–H and O–H groups in total. The molecule has 0 bridgehead atoms. The first-order chi connectivity index (χ1) is 10.3. The molecule has 2 aromatic rings. The fourth-order valence-corrected chi connectivity index (χ4v) is 3.10. The van der Waals surface area contributed by atoms with Gasteiger partial charge >= 0.3 is 0 Å². The second-order valence-corrected chi connectivity index (χ2v) is 6.34. The van der Waals surface area contributed by atoms with Gasteiger partial charge in [0.2, 0.25) is 0 Å². The Labute approximate surface area is 137 Å². The summed E-state index contributed by atoms with van der Waals surface area (Å²) in [6.45, 7) is 10.5. The monoisotopic (exact) mass is 318 g/mol. The lowest BCUT2D eigenvalue weighted by molar-refractivity contribution is 0.101. The highest BCUT2D eigenvalue weighted by atomic mass is 35.5. The highest BCUT2D eigenvalue weighted by Crippen LogP contribution is 2.24. The number of halogens is 1. The normalized spacial score (nSPS) is 11.0. The van der Waals surface area contributed by atoms with Crippen molar-refractivity contribution in [2.75, 3.05) is 11.9 Å². The largest absolute Gasteiger partial charge is 0.377 e. The number of anilines is 1. The van der Waals surface area contributed by atoms with Crippen molar-refractivity contribution in [2.24, 2.45) is 0 Å². The van der Waals surface area contributed by atoms with Crippen LogP contribution in [-0.4, -0.2) is 16.9 Å². The number of aromatic nitrogens is 1. The molecule has 0 saturated heterocycles. The fraction of sp³-hybridized carbons (Fsp3) is 0.389. The fourth-order valence-electron chi connectivity index (χ4n) is 2.92. The van der Waals surface area contributed by atoms with Crippen LogP contribution in [0.5, 0.6) is 0 Å². The van der Waals surface area contributed by atoms with Gasteiger partial charge < -0.3 is 9.88 Å². The minimum Gasteiger partial charge on any atom is -0.377 e. The number of rotatable bonds is 5. The molecule has 0 aliphatic carbocycles. The van der Waals surface area contributed by atoms with Crippen molar-refractivity contribution in [2.45, 2.75) is 40.7 Å². The number of carbonyl (C=O) groups is 1. The number of Topliss-reactive ketones (excluding diaryl/α,β-unsaturated/α-hetero) is 1. The second kappa shape index (κ2) is 6.57. The van der Waals surface area contributed by atoms with E-state index in [2.05, 4.69) is 23.7 Å². The van der Waals surface area contributed by atoms with Crippen molar-refractivity contribution < 1.29 is 4.79 Å². The van der Waals surface area contributed by atoms with Gasteiger partial charge in [0.15, 0.2) is 5.78 Å². The summed E-state index contributed by atoms with van der Waals surface area (Å²) in [7, 11) is 0. The molecule has 0 fully saturated rings. The molecule has 0 aliphatic heterocycles. The summed E-state index contributed by atoms with van der Waals surface area (Å²) in [6, 6.07) is 7.99. The van der Waals surface area contributed by atoms with E-state index in [0.29, 0.717) is 11.1 Å². The number of carbonyl (C=O) groups excluding carboxylic acids is 1. The molecule has 0 radical (unpaired) electrons. The van der Waals surface area contributed by atoms with Gasteiger partial charge in [-0.3, -0.25) is 4.79 Å². The van der Waals surface area contributed by atoms with Gasteiger partial charge in [-0.1, -0.05) is 17.7 Å². The van der Waals surface area contributed by atoms with Crippen molar-refractivity contribution in [3.05, 3.63) is 51.8 Å². The van der Waals surface area contributed by atoms with E-state index < -0.39 is 0 Å². The Bertz CT molecular complexity index is 701. The number of nitrogens with one attached hydrogen (secondary N) is 1. The van der Waals surface area contributed by atoms with Gasteiger partial charge in [0.25, 0.3) is 0 Å². The van der Waals surface area contributed by atoms with E-state index in [1.807, 2.05) is 45.0 Å². The minimum absolute atomic E-state index is 0.0966. The van der Waals surface area contributed by atoms with E-state index in [4.69, 9.17) is 11.6 Å². The molecule has 1 heterocycles. The van der Waals surface area contributed by atoms with E-state index in [1.165, 1.54) is 0 Å². The number of hydrogen-bond acceptors (Lipinski definition) is 2. The molecule has 2 rings (SSSR count). The Balaban J connectivity index is 2.17. The highest BCUT2D eigenvalue weighted by Gasteiger charge is 2.17. The van der Waals surface area contributed by atoms with Gasteiger partial charge in [-0.2, -0.15) is 0 Å². The van der Waals surface area contributed by atoms with Crippen LogP contribution in [0.25, 0.3) is 0 Å². The standard InChI is InChI=1S/C18H23ClN2O/c1-11(2)21-12(3)9-15(14(21)5)18(22)10-20-17-8-6-7-16(19)13(17)4/h6-9,11,20H,10H2,1-5H3. The molecule has 3 nitrogen and oxygen atoms in total. The van der Waals surface area contributed by atoms with E-state index in [1.54, 1.807) is 0 Å². The minimum atomic E-state index is 0.0966. The molecule has 1 aromatic heterocycles. The Kier molecular flexibility index (Phi) is 4.97. The number of hydrogen-bond donors (Lipinski definition) is 1. The summed E-state index contributed by atoms with van der Waals surface area (Å²) in [5.41, 5.74) is 4.80. The van der Waals surface area contributed by atoms with Crippen LogP contribution in [-0.2, 0) is 0 Å². The number of nitrogens with zero attached hydrogens (tertiary/aromatic N) is 1. The molecule has 0 aliphatic rings. The predicted molar refractivity (Wildman–Crippen MR) is 93.3 cm³/mol. The van der Waals surface area contributed by atoms with Crippen molar-refractivity contribution in [1.29, 1.82) is 0 Å². The zero-order valence-corrected chi connectivity index (χ0v) is 14.6. The van der Waals surface area contributed by atoms with Crippen LogP contribution in [0, 0.1) is 20.8 Å². The van der Waals surface area contributed by atoms with E-state index in [9.17, 15) is 4.79 Å². The molecule has 0 amide bonds. The van der Waals surface area contributed by atoms with Crippen LogP contribution in [0.3, 0.4) is 0 Å². The van der Waals surface area contributed by atoms with Crippen molar-refractivity contribution in [3.63, 3.8) is 0 Å². The predicted octanol–water partition coefficient (Wildman–Crippen LogP) is 4.94. The smallest absolute Gasteiger partial charge is 0.183 e. The van der Waals surface area contributed by atoms with Crippen LogP contribution >= 0.6 is 11.6 Å². The van der Waals surface area contributed by atoms with Crippen LogP contribution in [0.1, 0.15) is 47.2 Å². The number of benzene rings is 1. The number of aryl methyl sites for hydroxylation is 1. The summed E-state index contributed by atoms with van der Waals surface area (Å²) >= 11 is 6.10. The Morgan fingerprint density at radius 2 is 1.95 bits per heavy atom. The first-order valence-corrected chi connectivity index (χ1v) is 7.91. The summed E-state index contributed by atoms with van der Waals surface area (Å²) in [4.78, 5) is 12.5. The van der Waals surface area contributed by atoms with Crippen LogP contribution in [0.2, 0.25) is 5.02 Å². The zero-order chi connectivity index (χ0) is 16.4. The Morgan fingerprint density at radius 1 is 1.27 bits per heavy atom. The van der Waals surface area contributed by atoms with Gasteiger partial charge in [0, 0.05) is 33.7 Å². The summed E-state index contributed by atoms with van der Waals surface area (Å²) in [6.07, 6.45) is 0. The summed E-state index contributed by atoms with van der Waals surface area (Å²) < 4.78 is 2.19. The highest BCUT2D eigenvalue weighted by molar-refractivity contribution is 6.31. The molecule has 0 unspecified atom stereocenters. The quantitative estimate of drug-likeness (QED) is 0.792. The van der Waals surface area contributed by atoms with Gasteiger partial charge in [0.05, 0.1) is 6.54 Å². The third-order valence-electron chi connectivity index (χ3n) is 4.01. The molecule has 0 atom stereocenters. The molecular weight excluding hydrogens is 296 g/mol. The lowest BCUT2D eigenvalue weighted by Crippen LogP contribution is -2.16. The SMILES string of the molecule is Cc1c(Cl)cccc1NCC(=O)c1cc(C)n(C(C)C)c1C. The molecule has 118 valence electrons. The third-order valence-corrected chi connectivity index (χ3v) is 4.42. The van der Waals surface area contributed by atoms with E-state index >= 15 is 0 Å². The van der Waals surface area contributed by atoms with Gasteiger partial charge in [-0.05, 0) is 58.4 Å². The Hall–Kier alpha value is -1.74. The van der Waals surface area contributed by atoms with Crippen LogP contribution in [0.4, 0.5) is 5.69 Å². The zero-order valence-electron chi connectivity index (χ0n) is 13.8. The second-order valence-electron chi connectivity index (χ2n) is 5.94. The molecule has 4 heteroatoms. The number of ketones is 1. The maximum absolute atomic E-state index is 12.5. The maximum Gasteiger partial charge on any atom is 0.183 e. The average Bonchev–Trinajstić information content (AvgIpc) is 2.75. The third kappa shape index (κ3) is 3.20. The average molecular weight is 319 g/mol. The molecule has 1 aromatic carbocycles. The maximum atomic E-state index is 12.5.